The zero-order valence-electron chi connectivity index (χ0n) is 6.55. The van der Waals surface area contributed by atoms with Crippen molar-refractivity contribution in [3.8, 4) is 0 Å². The second kappa shape index (κ2) is 3.85. The lowest BCUT2D eigenvalue weighted by Gasteiger charge is -2.05. The lowest BCUT2D eigenvalue weighted by molar-refractivity contribution is -0.516. The van der Waals surface area contributed by atoms with Gasteiger partial charge in [-0.15, -0.1) is 10.5 Å². The van der Waals surface area contributed by atoms with E-state index in [1.165, 1.54) is 0 Å². The van der Waals surface area contributed by atoms with Gasteiger partial charge >= 0.3 is 0 Å². The maximum Gasteiger partial charge on any atom is 0.274 e. The van der Waals surface area contributed by atoms with Gasteiger partial charge in [-0.05, 0) is 6.42 Å². The van der Waals surface area contributed by atoms with Gasteiger partial charge in [0.05, 0.1) is 0 Å². The van der Waals surface area contributed by atoms with Gasteiger partial charge in [-0.2, -0.15) is 0 Å². The fourth-order valence-electron chi connectivity index (χ4n) is 0.988. The number of hydrogen-bond donors (Lipinski definition) is 2. The third-order valence-electron chi connectivity index (χ3n) is 1.66. The van der Waals surface area contributed by atoms with Crippen LogP contribution in [0.3, 0.4) is 0 Å². The summed E-state index contributed by atoms with van der Waals surface area (Å²) in [5.41, 5.74) is 3.26. The van der Waals surface area contributed by atoms with Crippen LogP contribution in [0.1, 0.15) is 25.7 Å². The molecule has 1 heterocycles. The van der Waals surface area contributed by atoms with E-state index in [4.69, 9.17) is 0 Å². The first-order chi connectivity index (χ1) is 5.68. The minimum atomic E-state index is -1.07. The molecule has 12 heavy (non-hydrogen) atoms. The van der Waals surface area contributed by atoms with Crippen LogP contribution in [0.4, 0.5) is 0 Å². The van der Waals surface area contributed by atoms with E-state index in [0.717, 1.165) is 5.71 Å². The maximum absolute atomic E-state index is 10.6. The summed E-state index contributed by atoms with van der Waals surface area (Å²) in [6, 6.07) is 0. The van der Waals surface area contributed by atoms with Gasteiger partial charge in [-0.3, -0.25) is 4.79 Å². The quantitative estimate of drug-likeness (QED) is 0.469. The number of carboxylic acids is 1. The number of aliphatic carboxylic acids is 1. The number of carboxylic acid groups (broad SMARTS) is 1. The molecule has 0 radical (unpaired) electrons. The number of carbonyl (C=O) groups is 2. The van der Waals surface area contributed by atoms with Crippen LogP contribution in [0.5, 0.6) is 0 Å². The van der Waals surface area contributed by atoms with Gasteiger partial charge in [0.1, 0.15) is 0 Å². The molecule has 0 bridgehead atoms. The maximum atomic E-state index is 10.6. The van der Waals surface area contributed by atoms with Gasteiger partial charge in [0, 0.05) is 25.2 Å². The van der Waals surface area contributed by atoms with Crippen molar-refractivity contribution >= 4 is 17.6 Å². The Hall–Kier alpha value is -1.39. The SMILES string of the molecule is O=C([O-])CCC1=[NH+]NC(=O)CC1. The van der Waals surface area contributed by atoms with E-state index in [2.05, 4.69) is 10.5 Å². The first-order valence-electron chi connectivity index (χ1n) is 3.78. The normalized spacial score (nSPS) is 16.7. The summed E-state index contributed by atoms with van der Waals surface area (Å²) in [5.74, 6) is -1.13. The summed E-state index contributed by atoms with van der Waals surface area (Å²) in [6.07, 6.45) is 1.45. The Kier molecular flexibility index (Phi) is 2.79. The molecule has 1 aliphatic heterocycles. The second-order valence-electron chi connectivity index (χ2n) is 2.65. The molecule has 1 aliphatic rings. The fourth-order valence-corrected chi connectivity index (χ4v) is 0.988. The van der Waals surface area contributed by atoms with Crippen LogP contribution in [0.2, 0.25) is 0 Å². The summed E-state index contributed by atoms with van der Waals surface area (Å²) >= 11 is 0. The smallest absolute Gasteiger partial charge is 0.274 e. The van der Waals surface area contributed by atoms with Crippen molar-refractivity contribution in [1.29, 1.82) is 0 Å². The minimum absolute atomic E-state index is 0.00178. The molecule has 0 aromatic heterocycles. The highest BCUT2D eigenvalue weighted by Crippen LogP contribution is 1.97. The average Bonchev–Trinajstić information content (AvgIpc) is 2.03. The summed E-state index contributed by atoms with van der Waals surface area (Å²) < 4.78 is 0. The first kappa shape index (κ1) is 8.70. The lowest BCUT2D eigenvalue weighted by Crippen LogP contribution is -2.86. The molecule has 0 fully saturated rings. The Labute approximate surface area is 69.5 Å². The lowest BCUT2D eigenvalue weighted by atomic mass is 10.1. The summed E-state index contributed by atoms with van der Waals surface area (Å²) in [5, 5.41) is 12.7. The van der Waals surface area contributed by atoms with Crippen molar-refractivity contribution in [2.24, 2.45) is 0 Å². The van der Waals surface area contributed by atoms with Crippen molar-refractivity contribution in [1.82, 2.24) is 5.43 Å². The molecule has 5 heteroatoms. The Bertz CT molecular complexity index is 235. The van der Waals surface area contributed by atoms with Crippen LogP contribution in [-0.4, -0.2) is 17.6 Å². The number of hydrazine groups is 1. The van der Waals surface area contributed by atoms with Gasteiger partial charge < -0.3 is 9.90 Å². The number of carbonyl (C=O) groups excluding carboxylic acids is 2. The van der Waals surface area contributed by atoms with Crippen molar-refractivity contribution in [3.63, 3.8) is 0 Å². The Morgan fingerprint density at radius 3 is 2.83 bits per heavy atom. The van der Waals surface area contributed by atoms with Crippen molar-refractivity contribution in [2.45, 2.75) is 25.7 Å². The number of hydrogen-bond acceptors (Lipinski definition) is 3. The van der Waals surface area contributed by atoms with Gasteiger partial charge in [0.25, 0.3) is 5.91 Å². The van der Waals surface area contributed by atoms with Crippen LogP contribution >= 0.6 is 0 Å². The monoisotopic (exact) mass is 170 g/mol. The minimum Gasteiger partial charge on any atom is -0.550 e. The number of rotatable bonds is 3. The summed E-state index contributed by atoms with van der Waals surface area (Å²) in [4.78, 5) is 20.7. The van der Waals surface area contributed by atoms with E-state index in [1.54, 1.807) is 0 Å². The van der Waals surface area contributed by atoms with Crippen molar-refractivity contribution in [3.05, 3.63) is 0 Å². The molecule has 1 amide bonds. The molecule has 0 aromatic rings. The van der Waals surface area contributed by atoms with E-state index in [9.17, 15) is 14.7 Å². The molecule has 0 spiro atoms. The molecule has 2 N–H and O–H groups in total. The Morgan fingerprint density at radius 1 is 1.58 bits per heavy atom. The van der Waals surface area contributed by atoms with Crippen LogP contribution in [0.25, 0.3) is 0 Å². The molecule has 0 saturated heterocycles. The first-order valence-corrected chi connectivity index (χ1v) is 3.78. The van der Waals surface area contributed by atoms with E-state index >= 15 is 0 Å². The number of hydrazone groups is 1. The highest BCUT2D eigenvalue weighted by molar-refractivity contribution is 5.88. The standard InChI is InChI=1S/C7H10N2O3/c10-6-3-1-5(8-9-6)2-4-7(11)12/h1-4H2,(H,9,10)(H,11,12). The molecule has 0 aliphatic carbocycles. The molecule has 0 atom stereocenters. The van der Waals surface area contributed by atoms with Gasteiger partial charge in [0.15, 0.2) is 5.71 Å². The van der Waals surface area contributed by atoms with Crippen LogP contribution in [0.15, 0.2) is 0 Å². The topological polar surface area (TPSA) is 83.2 Å². The van der Waals surface area contributed by atoms with E-state index in [0.29, 0.717) is 19.3 Å². The third kappa shape index (κ3) is 2.69. The average molecular weight is 170 g/mol. The number of amides is 1. The van der Waals surface area contributed by atoms with Crippen molar-refractivity contribution in [2.75, 3.05) is 0 Å². The summed E-state index contributed by atoms with van der Waals surface area (Å²) in [7, 11) is 0. The van der Waals surface area contributed by atoms with Gasteiger partial charge in [0.2, 0.25) is 0 Å². The molecule has 0 aromatic carbocycles. The molecule has 0 unspecified atom stereocenters. The molecule has 66 valence electrons. The zero-order valence-corrected chi connectivity index (χ0v) is 6.55. The van der Waals surface area contributed by atoms with Crippen molar-refractivity contribution < 1.29 is 19.8 Å². The Morgan fingerprint density at radius 2 is 2.33 bits per heavy atom. The fraction of sp³-hybridized carbons (Fsp3) is 0.571. The third-order valence-corrected chi connectivity index (χ3v) is 1.66. The predicted octanol–water partition coefficient (Wildman–Crippen LogP) is -3.14. The van der Waals surface area contributed by atoms with E-state index < -0.39 is 5.97 Å². The molecule has 0 saturated carbocycles. The number of nitrogens with one attached hydrogen (secondary N) is 2. The van der Waals surface area contributed by atoms with Crippen LogP contribution < -0.4 is 15.6 Å². The zero-order chi connectivity index (χ0) is 8.97. The molecule has 1 rings (SSSR count). The summed E-state index contributed by atoms with van der Waals surface area (Å²) in [6.45, 7) is 0. The van der Waals surface area contributed by atoms with E-state index in [-0.39, 0.29) is 12.3 Å². The highest BCUT2D eigenvalue weighted by atomic mass is 16.4. The predicted molar refractivity (Wildman–Crippen MR) is 37.6 cm³/mol. The van der Waals surface area contributed by atoms with Gasteiger partial charge in [-0.1, -0.05) is 0 Å². The second-order valence-corrected chi connectivity index (χ2v) is 2.65. The molecule has 5 nitrogen and oxygen atoms in total. The highest BCUT2D eigenvalue weighted by Gasteiger charge is 2.16. The molecular formula is C7H10N2O3. The van der Waals surface area contributed by atoms with Crippen LogP contribution in [-0.2, 0) is 9.59 Å². The largest absolute Gasteiger partial charge is 0.550 e. The molecular weight excluding hydrogens is 160 g/mol. The van der Waals surface area contributed by atoms with Crippen LogP contribution in [0, 0.1) is 0 Å². The Balaban J connectivity index is 2.33. The van der Waals surface area contributed by atoms with Gasteiger partial charge in [-0.25, -0.2) is 0 Å². The van der Waals surface area contributed by atoms with E-state index in [1.807, 2.05) is 0 Å².